The van der Waals surface area contributed by atoms with Gasteiger partial charge in [0.05, 0.1) is 6.61 Å². The Morgan fingerprint density at radius 1 is 0.419 bits per heavy atom. The Morgan fingerprint density at radius 2 is 0.677 bits per heavy atom. The second-order valence-electron chi connectivity index (χ2n) is 9.85. The van der Waals surface area contributed by atoms with Gasteiger partial charge in [0, 0.05) is 6.61 Å². The first-order valence-electron chi connectivity index (χ1n) is 14.6. The van der Waals surface area contributed by atoms with Crippen LogP contribution in [0, 0.1) is 0 Å². The smallest absolute Gasteiger partial charge is 0.0644 e. The van der Waals surface area contributed by atoms with Crippen LogP contribution in [-0.4, -0.2) is 13.2 Å². The third-order valence-electron chi connectivity index (χ3n) is 6.63. The molecule has 0 spiro atoms. The highest BCUT2D eigenvalue weighted by Gasteiger charge is 1.96. The van der Waals surface area contributed by atoms with Gasteiger partial charge in [-0.3, -0.25) is 0 Å². The first-order chi connectivity index (χ1) is 15.4. The summed E-state index contributed by atoms with van der Waals surface area (Å²) in [7, 11) is 0. The first-order valence-corrected chi connectivity index (χ1v) is 14.6. The Hall–Kier alpha value is -0.300. The molecule has 0 atom stereocenters. The van der Waals surface area contributed by atoms with Gasteiger partial charge in [0.25, 0.3) is 0 Å². The van der Waals surface area contributed by atoms with Gasteiger partial charge in [-0.15, -0.1) is 6.58 Å². The van der Waals surface area contributed by atoms with Crippen molar-refractivity contribution in [1.82, 2.24) is 0 Å². The highest BCUT2D eigenvalue weighted by atomic mass is 16.5. The molecule has 1 nitrogen and oxygen atoms in total. The molecule has 0 aromatic rings. The summed E-state index contributed by atoms with van der Waals surface area (Å²) in [5.74, 6) is 0. The maximum atomic E-state index is 5.42. The molecule has 0 aliphatic carbocycles. The first kappa shape index (κ1) is 30.7. The minimum atomic E-state index is 0.708. The van der Waals surface area contributed by atoms with Crippen LogP contribution in [0.4, 0.5) is 0 Å². The summed E-state index contributed by atoms with van der Waals surface area (Å²) in [6, 6.07) is 0. The molecule has 0 radical (unpaired) electrons. The predicted molar refractivity (Wildman–Crippen MR) is 142 cm³/mol. The normalized spacial score (nSPS) is 11.3. The van der Waals surface area contributed by atoms with Crippen LogP contribution in [0.3, 0.4) is 0 Å². The molecule has 0 saturated heterocycles. The highest BCUT2D eigenvalue weighted by Crippen LogP contribution is 2.15. The van der Waals surface area contributed by atoms with Crippen LogP contribution in [0.25, 0.3) is 0 Å². The molecule has 31 heavy (non-hydrogen) atoms. The minimum Gasteiger partial charge on any atom is -0.377 e. The number of rotatable bonds is 28. The average Bonchev–Trinajstić information content (AvgIpc) is 2.78. The lowest BCUT2D eigenvalue weighted by molar-refractivity contribution is 0.157. The van der Waals surface area contributed by atoms with Crippen LogP contribution in [0.15, 0.2) is 12.7 Å². The van der Waals surface area contributed by atoms with E-state index in [-0.39, 0.29) is 0 Å². The van der Waals surface area contributed by atoms with Crippen LogP contribution in [0.1, 0.15) is 167 Å². The van der Waals surface area contributed by atoms with Gasteiger partial charge >= 0.3 is 0 Å². The molecule has 0 unspecified atom stereocenters. The van der Waals surface area contributed by atoms with E-state index in [0.717, 1.165) is 6.61 Å². The van der Waals surface area contributed by atoms with Gasteiger partial charge in [-0.05, 0) is 6.42 Å². The molecule has 0 aromatic heterocycles. The quantitative estimate of drug-likeness (QED) is 0.0875. The molecule has 0 aromatic carbocycles. The second-order valence-corrected chi connectivity index (χ2v) is 9.85. The Kier molecular flexibility index (Phi) is 29.4. The Labute approximate surface area is 198 Å². The molecule has 0 rings (SSSR count). The van der Waals surface area contributed by atoms with Crippen molar-refractivity contribution in [3.05, 3.63) is 12.7 Å². The average molecular weight is 437 g/mol. The van der Waals surface area contributed by atoms with E-state index < -0.39 is 0 Å². The van der Waals surface area contributed by atoms with E-state index in [2.05, 4.69) is 13.5 Å². The van der Waals surface area contributed by atoms with E-state index in [1.54, 1.807) is 0 Å². The largest absolute Gasteiger partial charge is 0.377 e. The molecule has 0 bridgehead atoms. The summed E-state index contributed by atoms with van der Waals surface area (Å²) >= 11 is 0. The molecule has 0 amide bonds. The van der Waals surface area contributed by atoms with Crippen molar-refractivity contribution in [1.29, 1.82) is 0 Å². The van der Waals surface area contributed by atoms with E-state index >= 15 is 0 Å². The second kappa shape index (κ2) is 29.7. The molecule has 186 valence electrons. The molecular weight excluding hydrogens is 376 g/mol. The number of ether oxygens (including phenoxy) is 1. The van der Waals surface area contributed by atoms with Crippen LogP contribution < -0.4 is 0 Å². The van der Waals surface area contributed by atoms with Crippen molar-refractivity contribution in [2.24, 2.45) is 0 Å². The molecule has 1 heteroatoms. The molecule has 0 fully saturated rings. The summed E-state index contributed by atoms with van der Waals surface area (Å²) < 4.78 is 5.42. The fourth-order valence-electron chi connectivity index (χ4n) is 4.51. The van der Waals surface area contributed by atoms with E-state index in [0.29, 0.717) is 6.61 Å². The number of unbranched alkanes of at least 4 members (excludes halogenated alkanes) is 24. The van der Waals surface area contributed by atoms with E-state index in [1.165, 1.54) is 161 Å². The fourth-order valence-corrected chi connectivity index (χ4v) is 4.51. The third kappa shape index (κ3) is 29.7. The van der Waals surface area contributed by atoms with Crippen molar-refractivity contribution < 1.29 is 4.74 Å². The van der Waals surface area contributed by atoms with Gasteiger partial charge in [-0.25, -0.2) is 0 Å². The van der Waals surface area contributed by atoms with E-state index in [4.69, 9.17) is 4.74 Å². The number of hydrogen-bond donors (Lipinski definition) is 0. The van der Waals surface area contributed by atoms with Crippen molar-refractivity contribution in [2.75, 3.05) is 13.2 Å². The van der Waals surface area contributed by atoms with Gasteiger partial charge in [0.15, 0.2) is 0 Å². The van der Waals surface area contributed by atoms with Crippen molar-refractivity contribution in [3.63, 3.8) is 0 Å². The zero-order valence-corrected chi connectivity index (χ0v) is 21.8. The fraction of sp³-hybridized carbons (Fsp3) is 0.933. The molecule has 0 N–H and O–H groups in total. The van der Waals surface area contributed by atoms with Crippen molar-refractivity contribution in [3.8, 4) is 0 Å². The van der Waals surface area contributed by atoms with Gasteiger partial charge < -0.3 is 4.74 Å². The Morgan fingerprint density at radius 3 is 0.935 bits per heavy atom. The highest BCUT2D eigenvalue weighted by molar-refractivity contribution is 4.63. The van der Waals surface area contributed by atoms with Crippen LogP contribution >= 0.6 is 0 Å². The molecule has 0 aliphatic rings. The lowest BCUT2D eigenvalue weighted by atomic mass is 10.0. The summed E-state index contributed by atoms with van der Waals surface area (Å²) in [6.07, 6.45) is 38.0. The standard InChI is InChI=1S/C30H60O/c1-3-5-6-7-8-9-10-11-12-13-14-15-16-17-18-19-20-21-22-23-24-25-26-27-28-30-31-29-4-2/h4H,2-3,5-30H2,1H3. The van der Waals surface area contributed by atoms with Crippen LogP contribution in [0.5, 0.6) is 0 Å². The summed E-state index contributed by atoms with van der Waals surface area (Å²) in [6.45, 7) is 7.59. The van der Waals surface area contributed by atoms with Crippen molar-refractivity contribution >= 4 is 0 Å². The number of hydrogen-bond acceptors (Lipinski definition) is 1. The lowest BCUT2D eigenvalue weighted by Gasteiger charge is -2.04. The maximum absolute atomic E-state index is 5.42. The zero-order valence-electron chi connectivity index (χ0n) is 21.8. The molecule has 0 heterocycles. The van der Waals surface area contributed by atoms with Crippen molar-refractivity contribution in [2.45, 2.75) is 167 Å². The Balaban J connectivity index is 2.98. The topological polar surface area (TPSA) is 9.23 Å². The van der Waals surface area contributed by atoms with Gasteiger partial charge in [0.2, 0.25) is 0 Å². The predicted octanol–water partition coefficient (Wildman–Crippen LogP) is 11.0. The third-order valence-corrected chi connectivity index (χ3v) is 6.63. The Bertz CT molecular complexity index is 312. The van der Waals surface area contributed by atoms with Gasteiger partial charge in [-0.2, -0.15) is 0 Å². The SMILES string of the molecule is C=CCOCCCCCCCCCCCCCCCCCCCCCCCCCCC. The van der Waals surface area contributed by atoms with E-state index in [1.807, 2.05) is 6.08 Å². The molecule has 0 aliphatic heterocycles. The lowest BCUT2D eigenvalue weighted by Crippen LogP contribution is -1.93. The van der Waals surface area contributed by atoms with Crippen LogP contribution in [0.2, 0.25) is 0 Å². The molecular formula is C30H60O. The maximum Gasteiger partial charge on any atom is 0.0644 e. The minimum absolute atomic E-state index is 0.708. The zero-order chi connectivity index (χ0) is 22.5. The monoisotopic (exact) mass is 436 g/mol. The summed E-state index contributed by atoms with van der Waals surface area (Å²) in [4.78, 5) is 0. The van der Waals surface area contributed by atoms with Gasteiger partial charge in [0.1, 0.15) is 0 Å². The van der Waals surface area contributed by atoms with Crippen LogP contribution in [-0.2, 0) is 4.74 Å². The summed E-state index contributed by atoms with van der Waals surface area (Å²) in [5, 5.41) is 0. The van der Waals surface area contributed by atoms with Gasteiger partial charge in [-0.1, -0.05) is 167 Å². The molecule has 0 saturated carbocycles. The van der Waals surface area contributed by atoms with E-state index in [9.17, 15) is 0 Å². The summed E-state index contributed by atoms with van der Waals surface area (Å²) in [5.41, 5.74) is 0.